The SMILES string of the molecule is Cc1cc(S(=O)(=O)Nc2ccc(N3CCN(C)CC3)cc2)ccc1Br. The number of likely N-dealkylation sites (N-methyl/N-ethyl adjacent to an activating group) is 1. The van der Waals surface area contributed by atoms with Gasteiger partial charge in [0.2, 0.25) is 0 Å². The van der Waals surface area contributed by atoms with E-state index in [-0.39, 0.29) is 4.90 Å². The van der Waals surface area contributed by atoms with Crippen molar-refractivity contribution in [3.05, 3.63) is 52.5 Å². The molecule has 0 atom stereocenters. The minimum Gasteiger partial charge on any atom is -0.369 e. The van der Waals surface area contributed by atoms with Gasteiger partial charge in [-0.25, -0.2) is 8.42 Å². The molecular formula is C18H22BrN3O2S. The third-order valence-corrected chi connectivity index (χ3v) is 6.70. The predicted octanol–water partition coefficient (Wildman–Crippen LogP) is 3.31. The number of halogens is 1. The van der Waals surface area contributed by atoms with E-state index in [1.807, 2.05) is 31.2 Å². The van der Waals surface area contributed by atoms with Crippen LogP contribution in [0.5, 0.6) is 0 Å². The highest BCUT2D eigenvalue weighted by Gasteiger charge is 2.17. The van der Waals surface area contributed by atoms with Crippen molar-refractivity contribution in [1.82, 2.24) is 4.90 Å². The number of nitrogens with zero attached hydrogens (tertiary/aromatic N) is 2. The van der Waals surface area contributed by atoms with Crippen LogP contribution in [0.3, 0.4) is 0 Å². The van der Waals surface area contributed by atoms with Crippen molar-refractivity contribution in [3.8, 4) is 0 Å². The number of hydrogen-bond acceptors (Lipinski definition) is 4. The Morgan fingerprint density at radius 3 is 2.24 bits per heavy atom. The predicted molar refractivity (Wildman–Crippen MR) is 106 cm³/mol. The van der Waals surface area contributed by atoms with Gasteiger partial charge in [-0.1, -0.05) is 15.9 Å². The van der Waals surface area contributed by atoms with Gasteiger partial charge < -0.3 is 9.80 Å². The summed E-state index contributed by atoms with van der Waals surface area (Å²) in [5, 5.41) is 0. The lowest BCUT2D eigenvalue weighted by atomic mass is 10.2. The van der Waals surface area contributed by atoms with Crippen LogP contribution < -0.4 is 9.62 Å². The van der Waals surface area contributed by atoms with Gasteiger partial charge in [-0.15, -0.1) is 0 Å². The summed E-state index contributed by atoms with van der Waals surface area (Å²) in [5.74, 6) is 0. The summed E-state index contributed by atoms with van der Waals surface area (Å²) in [7, 11) is -1.46. The van der Waals surface area contributed by atoms with E-state index in [4.69, 9.17) is 0 Å². The first-order valence-electron chi connectivity index (χ1n) is 8.18. The van der Waals surface area contributed by atoms with Crippen molar-refractivity contribution in [2.24, 2.45) is 0 Å². The van der Waals surface area contributed by atoms with E-state index < -0.39 is 10.0 Å². The molecule has 25 heavy (non-hydrogen) atoms. The molecular weight excluding hydrogens is 402 g/mol. The van der Waals surface area contributed by atoms with Crippen LogP contribution in [0.15, 0.2) is 51.8 Å². The highest BCUT2D eigenvalue weighted by atomic mass is 79.9. The fourth-order valence-electron chi connectivity index (χ4n) is 2.80. The Kier molecular flexibility index (Phi) is 5.36. The first-order chi connectivity index (χ1) is 11.8. The highest BCUT2D eigenvalue weighted by Crippen LogP contribution is 2.24. The Balaban J connectivity index is 1.73. The lowest BCUT2D eigenvalue weighted by Crippen LogP contribution is -2.44. The molecule has 7 heteroatoms. The average Bonchev–Trinajstić information content (AvgIpc) is 2.58. The quantitative estimate of drug-likeness (QED) is 0.819. The van der Waals surface area contributed by atoms with Crippen LogP contribution in [0.2, 0.25) is 0 Å². The Morgan fingerprint density at radius 2 is 1.64 bits per heavy atom. The molecule has 0 saturated carbocycles. The fourth-order valence-corrected chi connectivity index (χ4v) is 4.19. The highest BCUT2D eigenvalue weighted by molar-refractivity contribution is 9.10. The number of hydrogen-bond donors (Lipinski definition) is 1. The molecule has 5 nitrogen and oxygen atoms in total. The Morgan fingerprint density at radius 1 is 1.00 bits per heavy atom. The lowest BCUT2D eigenvalue weighted by Gasteiger charge is -2.34. The lowest BCUT2D eigenvalue weighted by molar-refractivity contribution is 0.313. The third-order valence-electron chi connectivity index (χ3n) is 4.43. The van der Waals surface area contributed by atoms with Crippen LogP contribution in [0.1, 0.15) is 5.56 Å². The molecule has 134 valence electrons. The van der Waals surface area contributed by atoms with Crippen molar-refractivity contribution >= 4 is 37.3 Å². The number of nitrogens with one attached hydrogen (secondary N) is 1. The van der Waals surface area contributed by atoms with Crippen LogP contribution >= 0.6 is 15.9 Å². The molecule has 0 unspecified atom stereocenters. The molecule has 1 saturated heterocycles. The van der Waals surface area contributed by atoms with E-state index in [1.165, 1.54) is 0 Å². The van der Waals surface area contributed by atoms with Gasteiger partial charge in [-0.05, 0) is 62.0 Å². The molecule has 0 spiro atoms. The second kappa shape index (κ2) is 7.35. The summed E-state index contributed by atoms with van der Waals surface area (Å²) < 4.78 is 28.6. The summed E-state index contributed by atoms with van der Waals surface area (Å²) in [5.41, 5.74) is 2.57. The number of rotatable bonds is 4. The van der Waals surface area contributed by atoms with Crippen molar-refractivity contribution in [3.63, 3.8) is 0 Å². The van der Waals surface area contributed by atoms with Gasteiger partial charge in [-0.3, -0.25) is 4.72 Å². The summed E-state index contributed by atoms with van der Waals surface area (Å²) in [6, 6.07) is 12.6. The van der Waals surface area contributed by atoms with E-state index in [1.54, 1.807) is 18.2 Å². The number of aryl methyl sites for hydroxylation is 1. The first kappa shape index (κ1) is 18.2. The molecule has 1 fully saturated rings. The molecule has 2 aromatic rings. The monoisotopic (exact) mass is 423 g/mol. The molecule has 3 rings (SSSR count). The zero-order valence-electron chi connectivity index (χ0n) is 14.4. The van der Waals surface area contributed by atoms with E-state index in [2.05, 4.69) is 37.5 Å². The summed E-state index contributed by atoms with van der Waals surface area (Å²) in [6.07, 6.45) is 0. The Hall–Kier alpha value is -1.57. The van der Waals surface area contributed by atoms with E-state index in [0.29, 0.717) is 5.69 Å². The van der Waals surface area contributed by atoms with E-state index in [9.17, 15) is 8.42 Å². The van der Waals surface area contributed by atoms with Crippen LogP contribution in [-0.2, 0) is 10.0 Å². The minimum absolute atomic E-state index is 0.261. The maximum atomic E-state index is 12.5. The second-order valence-electron chi connectivity index (χ2n) is 6.35. The first-order valence-corrected chi connectivity index (χ1v) is 10.5. The molecule has 0 radical (unpaired) electrons. The number of piperazine rings is 1. The molecule has 1 aliphatic heterocycles. The van der Waals surface area contributed by atoms with E-state index in [0.717, 1.165) is 41.9 Å². The van der Waals surface area contributed by atoms with Crippen LogP contribution in [0, 0.1) is 6.92 Å². The van der Waals surface area contributed by atoms with Gasteiger partial charge in [0.15, 0.2) is 0 Å². The molecule has 0 aliphatic carbocycles. The summed E-state index contributed by atoms with van der Waals surface area (Å²) >= 11 is 3.39. The zero-order chi connectivity index (χ0) is 18.0. The van der Waals surface area contributed by atoms with Crippen LogP contribution in [-0.4, -0.2) is 46.5 Å². The normalized spacial score (nSPS) is 16.0. The zero-order valence-corrected chi connectivity index (χ0v) is 16.8. The standard InChI is InChI=1S/C18H22BrN3O2S/c1-14-13-17(7-8-18(14)19)25(23,24)20-15-3-5-16(6-4-15)22-11-9-21(2)10-12-22/h3-8,13,20H,9-12H2,1-2H3. The molecule has 1 N–H and O–H groups in total. The van der Waals surface area contributed by atoms with Gasteiger partial charge in [0.05, 0.1) is 4.90 Å². The van der Waals surface area contributed by atoms with Crippen molar-refractivity contribution in [2.75, 3.05) is 42.8 Å². The van der Waals surface area contributed by atoms with Crippen molar-refractivity contribution in [2.45, 2.75) is 11.8 Å². The minimum atomic E-state index is -3.59. The van der Waals surface area contributed by atoms with Crippen molar-refractivity contribution < 1.29 is 8.42 Å². The molecule has 1 aliphatic rings. The number of sulfonamides is 1. The van der Waals surface area contributed by atoms with Gasteiger partial charge in [0.1, 0.15) is 0 Å². The molecule has 0 amide bonds. The molecule has 0 bridgehead atoms. The maximum Gasteiger partial charge on any atom is 0.261 e. The van der Waals surface area contributed by atoms with Crippen molar-refractivity contribution in [1.29, 1.82) is 0 Å². The molecule has 2 aromatic carbocycles. The van der Waals surface area contributed by atoms with E-state index >= 15 is 0 Å². The summed E-state index contributed by atoms with van der Waals surface area (Å²) in [6.45, 7) is 5.92. The number of benzene rings is 2. The van der Waals surface area contributed by atoms with Gasteiger partial charge >= 0.3 is 0 Å². The van der Waals surface area contributed by atoms with Gasteiger partial charge in [0.25, 0.3) is 10.0 Å². The fraction of sp³-hybridized carbons (Fsp3) is 0.333. The number of anilines is 2. The van der Waals surface area contributed by atoms with Gasteiger partial charge in [0, 0.05) is 42.0 Å². The topological polar surface area (TPSA) is 52.7 Å². The van der Waals surface area contributed by atoms with Gasteiger partial charge in [-0.2, -0.15) is 0 Å². The smallest absolute Gasteiger partial charge is 0.261 e. The Labute approximate surface area is 157 Å². The summed E-state index contributed by atoms with van der Waals surface area (Å²) in [4.78, 5) is 4.88. The third kappa shape index (κ3) is 4.34. The average molecular weight is 424 g/mol. The molecule has 0 aromatic heterocycles. The molecule has 1 heterocycles. The second-order valence-corrected chi connectivity index (χ2v) is 8.89. The largest absolute Gasteiger partial charge is 0.369 e. The van der Waals surface area contributed by atoms with Crippen LogP contribution in [0.25, 0.3) is 0 Å². The maximum absolute atomic E-state index is 12.5. The van der Waals surface area contributed by atoms with Crippen LogP contribution in [0.4, 0.5) is 11.4 Å². The Bertz CT molecular complexity index is 845.